The van der Waals surface area contributed by atoms with Crippen LogP contribution in [0.5, 0.6) is 0 Å². The molecular formula is C16H25F3N2. The summed E-state index contributed by atoms with van der Waals surface area (Å²) in [4.78, 5) is 2.18. The number of nitrogens with one attached hydrogen (secondary N) is 1. The summed E-state index contributed by atoms with van der Waals surface area (Å²) in [5.74, 6) is 0. The van der Waals surface area contributed by atoms with Crippen molar-refractivity contribution in [1.29, 1.82) is 0 Å². The van der Waals surface area contributed by atoms with Crippen LogP contribution in [0.15, 0.2) is 24.3 Å². The van der Waals surface area contributed by atoms with Gasteiger partial charge in [0.05, 0.1) is 5.56 Å². The Bertz CT molecular complexity index is 455. The van der Waals surface area contributed by atoms with Crippen molar-refractivity contribution in [2.75, 3.05) is 20.6 Å². The molecule has 0 heterocycles. The van der Waals surface area contributed by atoms with Crippen LogP contribution in [0.3, 0.4) is 0 Å². The topological polar surface area (TPSA) is 15.3 Å². The molecule has 21 heavy (non-hydrogen) atoms. The first-order valence-electron chi connectivity index (χ1n) is 7.17. The van der Waals surface area contributed by atoms with E-state index in [0.29, 0.717) is 12.1 Å². The van der Waals surface area contributed by atoms with E-state index >= 15 is 0 Å². The minimum absolute atomic E-state index is 0.0107. The second-order valence-electron chi connectivity index (χ2n) is 6.01. The molecule has 0 aromatic heterocycles. The molecule has 0 spiro atoms. The van der Waals surface area contributed by atoms with Crippen molar-refractivity contribution in [2.24, 2.45) is 0 Å². The van der Waals surface area contributed by atoms with Crippen LogP contribution >= 0.6 is 0 Å². The molecule has 0 saturated heterocycles. The summed E-state index contributed by atoms with van der Waals surface area (Å²) in [5, 5.41) is 3.12. The Morgan fingerprint density at radius 1 is 1.24 bits per heavy atom. The molecule has 1 aromatic carbocycles. The molecule has 2 nitrogen and oxygen atoms in total. The Labute approximate surface area is 125 Å². The second kappa shape index (κ2) is 6.79. The van der Waals surface area contributed by atoms with Gasteiger partial charge in [-0.1, -0.05) is 19.1 Å². The van der Waals surface area contributed by atoms with Gasteiger partial charge in [0.2, 0.25) is 0 Å². The molecule has 0 bridgehead atoms. The van der Waals surface area contributed by atoms with Gasteiger partial charge in [-0.25, -0.2) is 0 Å². The van der Waals surface area contributed by atoms with Gasteiger partial charge < -0.3 is 5.32 Å². The van der Waals surface area contributed by atoms with Crippen LogP contribution in [0.2, 0.25) is 0 Å². The van der Waals surface area contributed by atoms with Gasteiger partial charge in [-0.05, 0) is 52.1 Å². The zero-order valence-electron chi connectivity index (χ0n) is 13.4. The molecule has 0 aliphatic rings. The lowest BCUT2D eigenvalue weighted by Gasteiger charge is -2.37. The highest BCUT2D eigenvalue weighted by Crippen LogP contribution is 2.31. The number of likely N-dealkylation sites (N-methyl/N-ethyl adjacent to an activating group) is 2. The minimum Gasteiger partial charge on any atom is -0.312 e. The highest BCUT2D eigenvalue weighted by atomic mass is 19.4. The molecule has 0 aliphatic carbocycles. The fourth-order valence-electron chi connectivity index (χ4n) is 2.09. The summed E-state index contributed by atoms with van der Waals surface area (Å²) < 4.78 is 38.4. The smallest absolute Gasteiger partial charge is 0.312 e. The van der Waals surface area contributed by atoms with E-state index in [1.54, 1.807) is 13.1 Å². The third-order valence-corrected chi connectivity index (χ3v) is 4.32. The van der Waals surface area contributed by atoms with Crippen LogP contribution in [0.1, 0.15) is 44.4 Å². The van der Waals surface area contributed by atoms with E-state index in [2.05, 4.69) is 31.0 Å². The molecule has 1 aromatic rings. The Kier molecular flexibility index (Phi) is 5.82. The first-order chi connectivity index (χ1) is 9.61. The lowest BCUT2D eigenvalue weighted by Crippen LogP contribution is -2.44. The number of nitrogens with zero attached hydrogens (tertiary/aromatic N) is 1. The van der Waals surface area contributed by atoms with Gasteiger partial charge in [0, 0.05) is 18.1 Å². The summed E-state index contributed by atoms with van der Waals surface area (Å²) in [6, 6.07) is 5.41. The monoisotopic (exact) mass is 302 g/mol. The number of benzene rings is 1. The van der Waals surface area contributed by atoms with Crippen molar-refractivity contribution in [3.05, 3.63) is 35.4 Å². The molecule has 120 valence electrons. The predicted molar refractivity (Wildman–Crippen MR) is 80.2 cm³/mol. The van der Waals surface area contributed by atoms with Crippen LogP contribution < -0.4 is 5.32 Å². The van der Waals surface area contributed by atoms with Crippen molar-refractivity contribution >= 4 is 0 Å². The Morgan fingerprint density at radius 2 is 1.86 bits per heavy atom. The lowest BCUT2D eigenvalue weighted by atomic mass is 9.97. The largest absolute Gasteiger partial charge is 0.416 e. The zero-order chi connectivity index (χ0) is 16.3. The summed E-state index contributed by atoms with van der Waals surface area (Å²) in [6.07, 6.45) is -3.33. The van der Waals surface area contributed by atoms with E-state index in [1.165, 1.54) is 12.1 Å². The fourth-order valence-corrected chi connectivity index (χ4v) is 2.09. The van der Waals surface area contributed by atoms with Crippen molar-refractivity contribution < 1.29 is 13.2 Å². The van der Waals surface area contributed by atoms with Gasteiger partial charge in [-0.3, -0.25) is 4.90 Å². The maximum Gasteiger partial charge on any atom is 0.416 e. The van der Waals surface area contributed by atoms with Crippen molar-refractivity contribution in [2.45, 2.75) is 44.9 Å². The van der Waals surface area contributed by atoms with Gasteiger partial charge in [-0.15, -0.1) is 0 Å². The molecule has 5 heteroatoms. The summed E-state index contributed by atoms with van der Waals surface area (Å²) in [6.45, 7) is 7.02. The third kappa shape index (κ3) is 4.71. The zero-order valence-corrected chi connectivity index (χ0v) is 13.4. The summed E-state index contributed by atoms with van der Waals surface area (Å²) in [5.41, 5.74) is 0.0697. The van der Waals surface area contributed by atoms with Crippen LogP contribution in [0, 0.1) is 0 Å². The highest BCUT2D eigenvalue weighted by Gasteiger charge is 2.31. The SMILES string of the molecule is CCC(C)(C)N(C)CC(NC)c1cccc(C(F)(F)F)c1. The quantitative estimate of drug-likeness (QED) is 0.851. The summed E-state index contributed by atoms with van der Waals surface area (Å²) in [7, 11) is 3.78. The maximum absolute atomic E-state index is 12.8. The minimum atomic E-state index is -4.30. The van der Waals surface area contributed by atoms with Gasteiger partial charge in [-0.2, -0.15) is 13.2 Å². The first-order valence-corrected chi connectivity index (χ1v) is 7.17. The molecule has 0 aliphatic heterocycles. The van der Waals surface area contributed by atoms with Gasteiger partial charge in [0.15, 0.2) is 0 Å². The van der Waals surface area contributed by atoms with Gasteiger partial charge >= 0.3 is 6.18 Å². The predicted octanol–water partition coefficient (Wildman–Crippen LogP) is 4.09. The lowest BCUT2D eigenvalue weighted by molar-refractivity contribution is -0.137. The Morgan fingerprint density at radius 3 is 2.33 bits per heavy atom. The number of hydrogen-bond acceptors (Lipinski definition) is 2. The second-order valence-corrected chi connectivity index (χ2v) is 6.01. The van der Waals surface area contributed by atoms with E-state index in [0.717, 1.165) is 12.5 Å². The molecular weight excluding hydrogens is 277 g/mol. The van der Waals surface area contributed by atoms with Crippen LogP contribution in [-0.2, 0) is 6.18 Å². The third-order valence-electron chi connectivity index (χ3n) is 4.32. The first kappa shape index (κ1) is 18.0. The van der Waals surface area contributed by atoms with E-state index in [-0.39, 0.29) is 11.6 Å². The molecule has 0 amide bonds. The highest BCUT2D eigenvalue weighted by molar-refractivity contribution is 5.28. The molecule has 0 saturated carbocycles. The maximum atomic E-state index is 12.8. The fraction of sp³-hybridized carbons (Fsp3) is 0.625. The van der Waals surface area contributed by atoms with Crippen molar-refractivity contribution in [1.82, 2.24) is 10.2 Å². The van der Waals surface area contributed by atoms with E-state index in [9.17, 15) is 13.2 Å². The molecule has 1 unspecified atom stereocenters. The normalized spacial score (nSPS) is 14.5. The molecule has 1 atom stereocenters. The molecule has 0 fully saturated rings. The van der Waals surface area contributed by atoms with Gasteiger partial charge in [0.1, 0.15) is 0 Å². The average Bonchev–Trinajstić information content (AvgIpc) is 2.43. The summed E-state index contributed by atoms with van der Waals surface area (Å²) >= 11 is 0. The number of halogens is 3. The van der Waals surface area contributed by atoms with Crippen molar-refractivity contribution in [3.8, 4) is 0 Å². The number of hydrogen-bond donors (Lipinski definition) is 1. The molecule has 1 N–H and O–H groups in total. The Hall–Kier alpha value is -1.07. The van der Waals surface area contributed by atoms with Crippen LogP contribution in [-0.4, -0.2) is 31.1 Å². The van der Waals surface area contributed by atoms with Crippen molar-refractivity contribution in [3.63, 3.8) is 0 Å². The average molecular weight is 302 g/mol. The Balaban J connectivity index is 2.96. The van der Waals surface area contributed by atoms with Crippen LogP contribution in [0.4, 0.5) is 13.2 Å². The van der Waals surface area contributed by atoms with E-state index in [4.69, 9.17) is 0 Å². The molecule has 1 rings (SSSR count). The standard InChI is InChI=1S/C16H25F3N2/c1-6-15(2,3)21(5)11-14(20-4)12-8-7-9-13(10-12)16(17,18)19/h7-10,14,20H,6,11H2,1-5H3. The number of rotatable bonds is 6. The number of alkyl halides is 3. The van der Waals surface area contributed by atoms with E-state index < -0.39 is 11.7 Å². The van der Waals surface area contributed by atoms with Gasteiger partial charge in [0.25, 0.3) is 0 Å². The molecule has 0 radical (unpaired) electrons. The van der Waals surface area contributed by atoms with Crippen LogP contribution in [0.25, 0.3) is 0 Å². The van der Waals surface area contributed by atoms with E-state index in [1.807, 2.05) is 7.05 Å².